The maximum absolute atomic E-state index is 5.80. The van der Waals surface area contributed by atoms with Gasteiger partial charge in [0.1, 0.15) is 5.76 Å². The standard InChI is InChI=1S/C13H26N2O/c1-6-14-12(13(2,3)15(4)5)11-9-7-8-10-16-11/h9,12,14H,6-8,10H2,1-5H3. The van der Waals surface area contributed by atoms with Gasteiger partial charge in [-0.15, -0.1) is 0 Å². The fourth-order valence-electron chi connectivity index (χ4n) is 1.94. The number of rotatable bonds is 5. The van der Waals surface area contributed by atoms with E-state index < -0.39 is 0 Å². The zero-order valence-electron chi connectivity index (χ0n) is 11.3. The van der Waals surface area contributed by atoms with Gasteiger partial charge in [0.2, 0.25) is 0 Å². The molecule has 1 N–H and O–H groups in total. The molecule has 0 aliphatic carbocycles. The van der Waals surface area contributed by atoms with Gasteiger partial charge >= 0.3 is 0 Å². The van der Waals surface area contributed by atoms with Crippen molar-refractivity contribution < 1.29 is 4.74 Å². The number of allylic oxidation sites excluding steroid dienone is 1. The van der Waals surface area contributed by atoms with Gasteiger partial charge in [-0.3, -0.25) is 0 Å². The molecule has 0 aromatic carbocycles. The zero-order valence-corrected chi connectivity index (χ0v) is 11.3. The number of ether oxygens (including phenoxy) is 1. The van der Waals surface area contributed by atoms with Gasteiger partial charge in [0.25, 0.3) is 0 Å². The molecule has 1 atom stereocenters. The van der Waals surface area contributed by atoms with Crippen molar-refractivity contribution in [3.8, 4) is 0 Å². The van der Waals surface area contributed by atoms with Gasteiger partial charge in [0.05, 0.1) is 12.6 Å². The largest absolute Gasteiger partial charge is 0.497 e. The van der Waals surface area contributed by atoms with E-state index in [0.29, 0.717) is 0 Å². The molecule has 1 aliphatic rings. The summed E-state index contributed by atoms with van der Waals surface area (Å²) in [5.41, 5.74) is 0.0547. The van der Waals surface area contributed by atoms with Crippen LogP contribution >= 0.6 is 0 Å². The molecule has 3 heteroatoms. The van der Waals surface area contributed by atoms with Gasteiger partial charge in [-0.25, -0.2) is 0 Å². The van der Waals surface area contributed by atoms with E-state index >= 15 is 0 Å². The molecule has 3 nitrogen and oxygen atoms in total. The van der Waals surface area contributed by atoms with E-state index in [9.17, 15) is 0 Å². The van der Waals surface area contributed by atoms with Crippen LogP contribution in [0.1, 0.15) is 33.6 Å². The maximum Gasteiger partial charge on any atom is 0.111 e. The second kappa shape index (κ2) is 5.69. The van der Waals surface area contributed by atoms with E-state index in [0.717, 1.165) is 31.8 Å². The van der Waals surface area contributed by atoms with Crippen LogP contribution in [0.5, 0.6) is 0 Å². The van der Waals surface area contributed by atoms with Crippen molar-refractivity contribution in [2.24, 2.45) is 0 Å². The molecule has 0 saturated carbocycles. The molecule has 1 aliphatic heterocycles. The lowest BCUT2D eigenvalue weighted by Gasteiger charge is -2.41. The first-order valence-corrected chi connectivity index (χ1v) is 6.23. The normalized spacial score (nSPS) is 19.2. The fourth-order valence-corrected chi connectivity index (χ4v) is 1.94. The molecule has 0 spiro atoms. The second-order valence-electron chi connectivity index (χ2n) is 5.14. The van der Waals surface area contributed by atoms with E-state index in [1.807, 2.05) is 0 Å². The number of likely N-dealkylation sites (N-methyl/N-ethyl adjacent to an activating group) is 2. The molecule has 0 amide bonds. The highest BCUT2D eigenvalue weighted by Gasteiger charge is 2.35. The molecule has 1 heterocycles. The summed E-state index contributed by atoms with van der Waals surface area (Å²) in [6.45, 7) is 8.46. The third-order valence-corrected chi connectivity index (χ3v) is 3.51. The molecule has 0 saturated heterocycles. The molecule has 0 aromatic rings. The minimum Gasteiger partial charge on any atom is -0.497 e. The van der Waals surface area contributed by atoms with Crippen LogP contribution in [0.3, 0.4) is 0 Å². The molecular formula is C13H26N2O. The van der Waals surface area contributed by atoms with Crippen molar-refractivity contribution in [3.05, 3.63) is 11.8 Å². The Morgan fingerprint density at radius 2 is 2.19 bits per heavy atom. The van der Waals surface area contributed by atoms with Crippen LogP contribution < -0.4 is 5.32 Å². The van der Waals surface area contributed by atoms with Crippen LogP contribution in [0.25, 0.3) is 0 Å². The highest BCUT2D eigenvalue weighted by atomic mass is 16.5. The number of hydrogen-bond donors (Lipinski definition) is 1. The highest BCUT2D eigenvalue weighted by molar-refractivity contribution is 5.13. The fraction of sp³-hybridized carbons (Fsp3) is 0.846. The van der Waals surface area contributed by atoms with Crippen molar-refractivity contribution >= 4 is 0 Å². The van der Waals surface area contributed by atoms with E-state index in [2.05, 4.69) is 51.2 Å². The van der Waals surface area contributed by atoms with Crippen LogP contribution in [0.2, 0.25) is 0 Å². The lowest BCUT2D eigenvalue weighted by molar-refractivity contribution is 0.0924. The Bertz CT molecular complexity index is 246. The van der Waals surface area contributed by atoms with E-state index in [1.165, 1.54) is 0 Å². The second-order valence-corrected chi connectivity index (χ2v) is 5.14. The summed E-state index contributed by atoms with van der Waals surface area (Å²) in [5.74, 6) is 1.12. The van der Waals surface area contributed by atoms with E-state index in [4.69, 9.17) is 4.74 Å². The molecule has 0 aromatic heterocycles. The van der Waals surface area contributed by atoms with Crippen LogP contribution in [0, 0.1) is 0 Å². The van der Waals surface area contributed by atoms with Crippen LogP contribution in [-0.2, 0) is 4.74 Å². The zero-order chi connectivity index (χ0) is 12.2. The van der Waals surface area contributed by atoms with Gasteiger partial charge < -0.3 is 15.0 Å². The first-order chi connectivity index (χ1) is 7.50. The maximum atomic E-state index is 5.80. The number of nitrogens with one attached hydrogen (secondary N) is 1. The monoisotopic (exact) mass is 226 g/mol. The predicted molar refractivity (Wildman–Crippen MR) is 68.5 cm³/mol. The Morgan fingerprint density at radius 1 is 1.50 bits per heavy atom. The van der Waals surface area contributed by atoms with Crippen molar-refractivity contribution in [1.82, 2.24) is 10.2 Å². The minimum absolute atomic E-state index is 0.0547. The Labute approximate surface area is 99.8 Å². The Morgan fingerprint density at radius 3 is 2.62 bits per heavy atom. The lowest BCUT2D eigenvalue weighted by Crippen LogP contribution is -2.56. The van der Waals surface area contributed by atoms with Crippen LogP contribution in [-0.4, -0.2) is 43.7 Å². The van der Waals surface area contributed by atoms with Gasteiger partial charge in [-0.05, 0) is 53.4 Å². The van der Waals surface area contributed by atoms with E-state index in [1.54, 1.807) is 0 Å². The summed E-state index contributed by atoms with van der Waals surface area (Å²) in [6, 6.07) is 0.271. The van der Waals surface area contributed by atoms with Crippen LogP contribution in [0.4, 0.5) is 0 Å². The van der Waals surface area contributed by atoms with Crippen molar-refractivity contribution in [2.75, 3.05) is 27.2 Å². The molecule has 1 unspecified atom stereocenters. The molecule has 0 bridgehead atoms. The molecule has 0 radical (unpaired) electrons. The first-order valence-electron chi connectivity index (χ1n) is 6.23. The SMILES string of the molecule is CCNC(C1=CCCCO1)C(C)(C)N(C)C. The third kappa shape index (κ3) is 2.98. The van der Waals surface area contributed by atoms with Crippen LogP contribution in [0.15, 0.2) is 11.8 Å². The van der Waals surface area contributed by atoms with Gasteiger partial charge in [-0.1, -0.05) is 6.92 Å². The van der Waals surface area contributed by atoms with Crippen molar-refractivity contribution in [2.45, 2.75) is 45.2 Å². The molecular weight excluding hydrogens is 200 g/mol. The van der Waals surface area contributed by atoms with E-state index in [-0.39, 0.29) is 11.6 Å². The minimum atomic E-state index is 0.0547. The summed E-state index contributed by atoms with van der Waals surface area (Å²) in [5, 5.41) is 3.54. The Kier molecular flexibility index (Phi) is 4.81. The first kappa shape index (κ1) is 13.5. The molecule has 94 valence electrons. The summed E-state index contributed by atoms with van der Waals surface area (Å²) in [6.07, 6.45) is 4.52. The van der Waals surface area contributed by atoms with Gasteiger partial charge in [-0.2, -0.15) is 0 Å². The highest BCUT2D eigenvalue weighted by Crippen LogP contribution is 2.25. The molecule has 1 rings (SSSR count). The Balaban J connectivity index is 2.84. The summed E-state index contributed by atoms with van der Waals surface area (Å²) in [7, 11) is 4.24. The predicted octanol–water partition coefficient (Wildman–Crippen LogP) is 2.00. The van der Waals surface area contributed by atoms with Gasteiger partial charge in [0.15, 0.2) is 0 Å². The van der Waals surface area contributed by atoms with Crippen molar-refractivity contribution in [3.63, 3.8) is 0 Å². The third-order valence-electron chi connectivity index (χ3n) is 3.51. The number of nitrogens with zero attached hydrogens (tertiary/aromatic N) is 1. The van der Waals surface area contributed by atoms with Gasteiger partial charge in [0, 0.05) is 5.54 Å². The average Bonchev–Trinajstić information content (AvgIpc) is 2.26. The summed E-state index contributed by atoms with van der Waals surface area (Å²) >= 11 is 0. The molecule has 16 heavy (non-hydrogen) atoms. The average molecular weight is 226 g/mol. The molecule has 0 fully saturated rings. The quantitative estimate of drug-likeness (QED) is 0.776. The summed E-state index contributed by atoms with van der Waals surface area (Å²) < 4.78 is 5.80. The topological polar surface area (TPSA) is 24.5 Å². The van der Waals surface area contributed by atoms with Crippen molar-refractivity contribution in [1.29, 1.82) is 0 Å². The number of hydrogen-bond acceptors (Lipinski definition) is 3. The summed E-state index contributed by atoms with van der Waals surface area (Å²) in [4.78, 5) is 2.25. The Hall–Kier alpha value is -0.540. The smallest absolute Gasteiger partial charge is 0.111 e. The lowest BCUT2D eigenvalue weighted by atomic mass is 9.90.